The molecule has 1 rings (SSSR count). The monoisotopic (exact) mass is 291 g/mol. The Kier molecular flexibility index (Phi) is 4.66. The number of aliphatic hydroxyl groups excluding tert-OH is 1. The van der Waals surface area contributed by atoms with Gasteiger partial charge in [0.25, 0.3) is 10.0 Å². The second kappa shape index (κ2) is 5.68. The van der Waals surface area contributed by atoms with Gasteiger partial charge in [0, 0.05) is 12.7 Å². The van der Waals surface area contributed by atoms with Crippen LogP contribution in [0, 0.1) is 6.92 Å². The molecular weight excluding hydrogens is 274 g/mol. The minimum absolute atomic E-state index is 0.265. The molecule has 108 valence electrons. The summed E-state index contributed by atoms with van der Waals surface area (Å²) in [4.78, 5) is 14.7. The van der Waals surface area contributed by atoms with E-state index in [0.717, 1.165) is 0 Å². The number of carboxylic acid groups (broad SMARTS) is 1. The normalized spacial score (nSPS) is 15.2. The third kappa shape index (κ3) is 3.52. The Balaban J connectivity index is 3.06. The molecule has 0 saturated carbocycles. The van der Waals surface area contributed by atoms with Crippen molar-refractivity contribution in [2.75, 3.05) is 0 Å². The number of carboxylic acids is 1. The molecular formula is C10H17N3O5S. The molecule has 1 aromatic rings. The lowest BCUT2D eigenvalue weighted by molar-refractivity contribution is -0.141. The van der Waals surface area contributed by atoms with Gasteiger partial charge in [0.15, 0.2) is 5.03 Å². The molecule has 2 unspecified atom stereocenters. The molecule has 0 spiro atoms. The molecule has 0 saturated heterocycles. The van der Waals surface area contributed by atoms with Crippen molar-refractivity contribution in [3.63, 3.8) is 0 Å². The molecule has 9 heteroatoms. The summed E-state index contributed by atoms with van der Waals surface area (Å²) < 4.78 is 27.5. The lowest BCUT2D eigenvalue weighted by Crippen LogP contribution is -2.47. The molecule has 0 radical (unpaired) electrons. The van der Waals surface area contributed by atoms with E-state index in [0.29, 0.717) is 12.4 Å². The van der Waals surface area contributed by atoms with E-state index in [4.69, 9.17) is 5.11 Å². The van der Waals surface area contributed by atoms with Gasteiger partial charge < -0.3 is 14.8 Å². The van der Waals surface area contributed by atoms with E-state index in [1.54, 1.807) is 11.5 Å². The molecule has 1 aromatic heterocycles. The van der Waals surface area contributed by atoms with Crippen LogP contribution in [0.5, 0.6) is 0 Å². The van der Waals surface area contributed by atoms with Gasteiger partial charge in [-0.05, 0) is 20.8 Å². The van der Waals surface area contributed by atoms with E-state index < -0.39 is 28.1 Å². The number of hydrogen-bond acceptors (Lipinski definition) is 5. The van der Waals surface area contributed by atoms with Gasteiger partial charge in [0.1, 0.15) is 11.9 Å². The van der Waals surface area contributed by atoms with E-state index >= 15 is 0 Å². The first-order chi connectivity index (χ1) is 8.69. The first-order valence-corrected chi connectivity index (χ1v) is 7.14. The van der Waals surface area contributed by atoms with Crippen LogP contribution in [-0.4, -0.2) is 46.3 Å². The van der Waals surface area contributed by atoms with Crippen molar-refractivity contribution in [3.05, 3.63) is 12.0 Å². The van der Waals surface area contributed by atoms with Crippen LogP contribution in [0.15, 0.2) is 11.2 Å². The number of aliphatic carboxylic acids is 1. The second-order valence-electron chi connectivity index (χ2n) is 4.09. The van der Waals surface area contributed by atoms with Crippen LogP contribution >= 0.6 is 0 Å². The summed E-state index contributed by atoms with van der Waals surface area (Å²) in [5, 5.41) is 17.8. The first kappa shape index (κ1) is 15.6. The average molecular weight is 291 g/mol. The summed E-state index contributed by atoms with van der Waals surface area (Å²) in [6.07, 6.45) is -0.0415. The van der Waals surface area contributed by atoms with Gasteiger partial charge in [-0.3, -0.25) is 4.79 Å². The van der Waals surface area contributed by atoms with Gasteiger partial charge >= 0.3 is 5.97 Å². The first-order valence-electron chi connectivity index (χ1n) is 5.66. The maximum Gasteiger partial charge on any atom is 0.324 e. The van der Waals surface area contributed by atoms with Gasteiger partial charge in [-0.15, -0.1) is 0 Å². The van der Waals surface area contributed by atoms with Crippen molar-refractivity contribution in [2.24, 2.45) is 0 Å². The number of nitrogens with one attached hydrogen (secondary N) is 1. The molecule has 0 aromatic carbocycles. The molecule has 8 nitrogen and oxygen atoms in total. The van der Waals surface area contributed by atoms with Crippen LogP contribution in [0.4, 0.5) is 0 Å². The van der Waals surface area contributed by atoms with Crippen LogP contribution < -0.4 is 4.72 Å². The molecule has 0 aliphatic heterocycles. The third-order valence-electron chi connectivity index (χ3n) is 2.60. The van der Waals surface area contributed by atoms with Crippen molar-refractivity contribution in [1.29, 1.82) is 0 Å². The fourth-order valence-corrected chi connectivity index (χ4v) is 2.78. The summed E-state index contributed by atoms with van der Waals surface area (Å²) in [7, 11) is -4.08. The Labute approximate surface area is 111 Å². The Hall–Kier alpha value is -1.45. The van der Waals surface area contributed by atoms with Gasteiger partial charge in [-0.2, -0.15) is 4.72 Å². The Morgan fingerprint density at radius 3 is 2.53 bits per heavy atom. The quantitative estimate of drug-likeness (QED) is 0.638. The highest BCUT2D eigenvalue weighted by Gasteiger charge is 2.30. The molecule has 0 aliphatic carbocycles. The third-order valence-corrected chi connectivity index (χ3v) is 3.91. The van der Waals surface area contributed by atoms with Crippen molar-refractivity contribution in [3.8, 4) is 0 Å². The zero-order valence-corrected chi connectivity index (χ0v) is 11.7. The van der Waals surface area contributed by atoms with Crippen molar-refractivity contribution >= 4 is 16.0 Å². The van der Waals surface area contributed by atoms with Crippen LogP contribution in [-0.2, 0) is 21.4 Å². The number of rotatable bonds is 6. The number of aromatic nitrogens is 2. The van der Waals surface area contributed by atoms with Gasteiger partial charge in [-0.1, -0.05) is 0 Å². The summed E-state index contributed by atoms with van der Waals surface area (Å²) >= 11 is 0. The number of imidazole rings is 1. The predicted octanol–water partition coefficient (Wildman–Crippen LogP) is -0.676. The van der Waals surface area contributed by atoms with Gasteiger partial charge in [0.05, 0.1) is 6.10 Å². The highest BCUT2D eigenvalue weighted by atomic mass is 32.2. The number of nitrogens with zero attached hydrogens (tertiary/aromatic N) is 2. The molecule has 0 amide bonds. The van der Waals surface area contributed by atoms with E-state index in [1.807, 2.05) is 11.6 Å². The van der Waals surface area contributed by atoms with Crippen LogP contribution in [0.3, 0.4) is 0 Å². The summed E-state index contributed by atoms with van der Waals surface area (Å²) in [5.74, 6) is -0.947. The standard InChI is InChI=1S/C10H17N3O5S/c1-4-13-5-8(11-7(13)3)19(17,18)12-9(6(2)14)10(15)16/h5-6,9,12,14H,4H2,1-3H3,(H,15,16). The molecule has 19 heavy (non-hydrogen) atoms. The van der Waals surface area contributed by atoms with E-state index in [9.17, 15) is 18.3 Å². The minimum Gasteiger partial charge on any atom is -0.480 e. The zero-order valence-electron chi connectivity index (χ0n) is 10.9. The maximum absolute atomic E-state index is 12.0. The molecule has 0 bridgehead atoms. The fraction of sp³-hybridized carbons (Fsp3) is 0.600. The van der Waals surface area contributed by atoms with Crippen molar-refractivity contribution in [2.45, 2.75) is 44.5 Å². The SMILES string of the molecule is CCn1cc(S(=O)(=O)NC(C(=O)O)C(C)O)nc1C. The van der Waals surface area contributed by atoms with Gasteiger partial charge in [-0.25, -0.2) is 13.4 Å². The topological polar surface area (TPSA) is 122 Å². The highest BCUT2D eigenvalue weighted by molar-refractivity contribution is 7.89. The molecule has 0 fully saturated rings. The average Bonchev–Trinajstić information content (AvgIpc) is 2.67. The molecule has 0 aliphatic rings. The molecule has 1 heterocycles. The number of sulfonamides is 1. The van der Waals surface area contributed by atoms with Gasteiger partial charge in [0.2, 0.25) is 0 Å². The smallest absolute Gasteiger partial charge is 0.324 e. The Morgan fingerprint density at radius 1 is 1.58 bits per heavy atom. The lowest BCUT2D eigenvalue weighted by Gasteiger charge is -2.15. The Bertz CT molecular complexity index is 564. The van der Waals surface area contributed by atoms with Crippen molar-refractivity contribution in [1.82, 2.24) is 14.3 Å². The number of carbonyl (C=O) groups is 1. The highest BCUT2D eigenvalue weighted by Crippen LogP contribution is 2.10. The number of aliphatic hydroxyl groups is 1. The lowest BCUT2D eigenvalue weighted by atomic mass is 10.2. The van der Waals surface area contributed by atoms with Crippen LogP contribution in [0.25, 0.3) is 0 Å². The number of hydrogen-bond donors (Lipinski definition) is 3. The summed E-state index contributed by atoms with van der Waals surface area (Å²) in [6.45, 7) is 5.21. The van der Waals surface area contributed by atoms with E-state index in [2.05, 4.69) is 4.98 Å². The summed E-state index contributed by atoms with van der Waals surface area (Å²) in [6, 6.07) is -1.61. The summed E-state index contributed by atoms with van der Waals surface area (Å²) in [5.41, 5.74) is 0. The van der Waals surface area contributed by atoms with Crippen molar-refractivity contribution < 1.29 is 23.4 Å². The molecule has 3 N–H and O–H groups in total. The Morgan fingerprint density at radius 2 is 2.16 bits per heavy atom. The maximum atomic E-state index is 12.0. The molecule has 2 atom stereocenters. The fourth-order valence-electron chi connectivity index (χ4n) is 1.51. The minimum atomic E-state index is -4.08. The van der Waals surface area contributed by atoms with Crippen LogP contribution in [0.2, 0.25) is 0 Å². The van der Waals surface area contributed by atoms with E-state index in [-0.39, 0.29) is 5.03 Å². The number of aryl methyl sites for hydroxylation is 2. The van der Waals surface area contributed by atoms with E-state index in [1.165, 1.54) is 13.1 Å². The van der Waals surface area contributed by atoms with Crippen LogP contribution in [0.1, 0.15) is 19.7 Å². The zero-order chi connectivity index (χ0) is 14.8. The second-order valence-corrected chi connectivity index (χ2v) is 5.75. The predicted molar refractivity (Wildman–Crippen MR) is 66.1 cm³/mol. The largest absolute Gasteiger partial charge is 0.480 e.